The molecule has 0 heterocycles. The van der Waals surface area contributed by atoms with Gasteiger partial charge in [-0.3, -0.25) is 0 Å². The van der Waals surface area contributed by atoms with Gasteiger partial charge in [0, 0.05) is 31.3 Å². The summed E-state index contributed by atoms with van der Waals surface area (Å²) < 4.78 is 33.3. The Kier molecular flexibility index (Phi) is 10.8. The number of hydrogen-bond acceptors (Lipinski definition) is 4. The van der Waals surface area contributed by atoms with Gasteiger partial charge < -0.3 is 9.64 Å². The van der Waals surface area contributed by atoms with E-state index in [1.165, 1.54) is 23.6 Å². The monoisotopic (exact) mass is 456 g/mol. The molecule has 1 aromatic rings. The Morgan fingerprint density at radius 2 is 1.70 bits per heavy atom. The summed E-state index contributed by atoms with van der Waals surface area (Å²) in [5, 5.41) is 0.536. The van der Waals surface area contributed by atoms with Gasteiger partial charge in [0.1, 0.15) is 0 Å². The van der Waals surface area contributed by atoms with Crippen molar-refractivity contribution in [2.75, 3.05) is 33.8 Å². The Bertz CT molecular complexity index is 731. The Hall–Kier alpha value is -0.920. The Balaban J connectivity index is 1.64. The fourth-order valence-corrected chi connectivity index (χ4v) is 5.49. The topological polar surface area (TPSA) is 49.9 Å². The lowest BCUT2D eigenvalue weighted by molar-refractivity contribution is 0.0156. The highest BCUT2D eigenvalue weighted by molar-refractivity contribution is 7.89. The second-order valence-electron chi connectivity index (χ2n) is 8.24. The Morgan fingerprint density at radius 1 is 1.07 bits per heavy atom. The molecule has 30 heavy (non-hydrogen) atoms. The number of nitrogens with zero attached hydrogens (tertiary/aromatic N) is 2. The summed E-state index contributed by atoms with van der Waals surface area (Å²) in [6, 6.07) is 6.40. The summed E-state index contributed by atoms with van der Waals surface area (Å²) in [5.41, 5.74) is 0. The van der Waals surface area contributed by atoms with Crippen molar-refractivity contribution in [3.63, 3.8) is 0 Å². The summed E-state index contributed by atoms with van der Waals surface area (Å²) >= 11 is 5.88. The minimum Gasteiger partial charge on any atom is -0.378 e. The maximum Gasteiger partial charge on any atom is 0.243 e. The van der Waals surface area contributed by atoms with Gasteiger partial charge in [0.2, 0.25) is 10.0 Å². The van der Waals surface area contributed by atoms with Crippen LogP contribution in [0.4, 0.5) is 0 Å². The van der Waals surface area contributed by atoms with Crippen LogP contribution in [-0.2, 0) is 14.8 Å². The molecule has 0 N–H and O–H groups in total. The predicted octanol–water partition coefficient (Wildman–Crippen LogP) is 4.97. The van der Waals surface area contributed by atoms with Crippen LogP contribution < -0.4 is 0 Å². The van der Waals surface area contributed by atoms with Crippen molar-refractivity contribution in [1.29, 1.82) is 0 Å². The molecule has 0 radical (unpaired) electrons. The number of halogens is 1. The SMILES string of the molecule is C=CCN(C)CCCCCCO[C@H]1CC[C@H](N(C)S(=O)(=O)c2ccc(Cl)cc2)CC1. The van der Waals surface area contributed by atoms with Crippen molar-refractivity contribution in [3.8, 4) is 0 Å². The quantitative estimate of drug-likeness (QED) is 0.310. The minimum atomic E-state index is -3.49. The normalized spacial score (nSPS) is 20.0. The predicted molar refractivity (Wildman–Crippen MR) is 125 cm³/mol. The van der Waals surface area contributed by atoms with Gasteiger partial charge in [0.05, 0.1) is 11.0 Å². The van der Waals surface area contributed by atoms with Gasteiger partial charge in [0.15, 0.2) is 0 Å². The highest BCUT2D eigenvalue weighted by atomic mass is 35.5. The molecule has 7 heteroatoms. The number of ether oxygens (including phenoxy) is 1. The van der Waals surface area contributed by atoms with E-state index in [0.717, 1.165) is 51.8 Å². The summed E-state index contributed by atoms with van der Waals surface area (Å²) in [6.45, 7) is 6.62. The van der Waals surface area contributed by atoms with E-state index in [0.29, 0.717) is 9.92 Å². The van der Waals surface area contributed by atoms with E-state index in [-0.39, 0.29) is 12.1 Å². The molecule has 0 unspecified atom stereocenters. The average molecular weight is 457 g/mol. The number of benzene rings is 1. The Labute approximate surface area is 188 Å². The molecule has 1 saturated carbocycles. The number of likely N-dealkylation sites (N-methyl/N-ethyl adjacent to an activating group) is 1. The molecule has 0 aliphatic heterocycles. The molecule has 0 aromatic heterocycles. The van der Waals surface area contributed by atoms with Crippen LogP contribution in [0, 0.1) is 0 Å². The molecule has 0 saturated heterocycles. The van der Waals surface area contributed by atoms with Crippen molar-refractivity contribution in [2.45, 2.75) is 68.4 Å². The van der Waals surface area contributed by atoms with Gasteiger partial charge in [0.25, 0.3) is 0 Å². The summed E-state index contributed by atoms with van der Waals surface area (Å²) in [6.07, 6.45) is 10.4. The average Bonchev–Trinajstić information content (AvgIpc) is 2.73. The molecule has 0 amide bonds. The van der Waals surface area contributed by atoms with Crippen LogP contribution in [-0.4, -0.2) is 63.6 Å². The van der Waals surface area contributed by atoms with E-state index in [1.54, 1.807) is 31.3 Å². The van der Waals surface area contributed by atoms with Crippen LogP contribution in [0.1, 0.15) is 51.4 Å². The van der Waals surface area contributed by atoms with Crippen molar-refractivity contribution in [3.05, 3.63) is 41.9 Å². The first kappa shape index (κ1) is 25.3. The van der Waals surface area contributed by atoms with E-state index in [1.807, 2.05) is 6.08 Å². The fraction of sp³-hybridized carbons (Fsp3) is 0.652. The Morgan fingerprint density at radius 3 is 2.33 bits per heavy atom. The first-order valence-electron chi connectivity index (χ1n) is 11.0. The van der Waals surface area contributed by atoms with Gasteiger partial charge in [-0.05, 0) is 76.4 Å². The van der Waals surface area contributed by atoms with Crippen LogP contribution in [0.25, 0.3) is 0 Å². The smallest absolute Gasteiger partial charge is 0.243 e. The van der Waals surface area contributed by atoms with Crippen LogP contribution >= 0.6 is 11.6 Å². The summed E-state index contributed by atoms with van der Waals surface area (Å²) in [5.74, 6) is 0. The van der Waals surface area contributed by atoms with Gasteiger partial charge in [-0.15, -0.1) is 6.58 Å². The van der Waals surface area contributed by atoms with E-state index in [2.05, 4.69) is 18.5 Å². The highest BCUT2D eigenvalue weighted by Gasteiger charge is 2.31. The summed E-state index contributed by atoms with van der Waals surface area (Å²) in [4.78, 5) is 2.58. The van der Waals surface area contributed by atoms with Crippen molar-refractivity contribution in [1.82, 2.24) is 9.21 Å². The molecule has 5 nitrogen and oxygen atoms in total. The largest absolute Gasteiger partial charge is 0.378 e. The lowest BCUT2D eigenvalue weighted by Crippen LogP contribution is -2.40. The first-order chi connectivity index (χ1) is 14.3. The van der Waals surface area contributed by atoms with Gasteiger partial charge in [-0.2, -0.15) is 4.31 Å². The molecule has 1 aromatic carbocycles. The van der Waals surface area contributed by atoms with Crippen LogP contribution in [0.15, 0.2) is 41.8 Å². The molecule has 1 aliphatic rings. The maximum atomic E-state index is 12.8. The van der Waals surface area contributed by atoms with Crippen molar-refractivity contribution in [2.24, 2.45) is 0 Å². The third kappa shape index (κ3) is 7.97. The highest BCUT2D eigenvalue weighted by Crippen LogP contribution is 2.28. The number of unbranched alkanes of at least 4 members (excludes halogenated alkanes) is 3. The fourth-order valence-electron chi connectivity index (χ4n) is 3.94. The molecular formula is C23H37ClN2O3S. The van der Waals surface area contributed by atoms with E-state index in [4.69, 9.17) is 16.3 Å². The van der Waals surface area contributed by atoms with E-state index in [9.17, 15) is 8.42 Å². The van der Waals surface area contributed by atoms with Crippen LogP contribution in [0.3, 0.4) is 0 Å². The molecule has 2 rings (SSSR count). The lowest BCUT2D eigenvalue weighted by Gasteiger charge is -2.34. The minimum absolute atomic E-state index is 0.0260. The second-order valence-corrected chi connectivity index (χ2v) is 10.7. The first-order valence-corrected chi connectivity index (χ1v) is 12.8. The van der Waals surface area contributed by atoms with Gasteiger partial charge in [-0.25, -0.2) is 8.42 Å². The zero-order valence-corrected chi connectivity index (χ0v) is 20.0. The molecular weight excluding hydrogens is 420 g/mol. The summed E-state index contributed by atoms with van der Waals surface area (Å²) in [7, 11) is 0.319. The third-order valence-corrected chi connectivity index (χ3v) is 8.05. The molecule has 0 spiro atoms. The van der Waals surface area contributed by atoms with Crippen LogP contribution in [0.5, 0.6) is 0 Å². The van der Waals surface area contributed by atoms with Crippen molar-refractivity contribution < 1.29 is 13.2 Å². The maximum absolute atomic E-state index is 12.8. The zero-order chi connectivity index (χ0) is 22.0. The number of sulfonamides is 1. The standard InChI is InChI=1S/C23H37ClN2O3S/c1-4-17-25(2)18-7-5-6-8-19-29-22-13-11-21(12-14-22)26(3)30(27,28)23-15-9-20(24)10-16-23/h4,9-10,15-16,21-22H,1,5-8,11-14,17-19H2,2-3H3/t21-,22-. The van der Waals surface area contributed by atoms with E-state index >= 15 is 0 Å². The third-order valence-electron chi connectivity index (χ3n) is 5.88. The van der Waals surface area contributed by atoms with Gasteiger partial charge in [-0.1, -0.05) is 30.5 Å². The van der Waals surface area contributed by atoms with Crippen LogP contribution in [0.2, 0.25) is 5.02 Å². The second kappa shape index (κ2) is 12.8. The zero-order valence-electron chi connectivity index (χ0n) is 18.4. The number of rotatable bonds is 13. The van der Waals surface area contributed by atoms with Crippen molar-refractivity contribution >= 4 is 21.6 Å². The van der Waals surface area contributed by atoms with E-state index < -0.39 is 10.0 Å². The van der Waals surface area contributed by atoms with Gasteiger partial charge >= 0.3 is 0 Å². The molecule has 1 fully saturated rings. The molecule has 1 aliphatic carbocycles. The molecule has 0 atom stereocenters. The molecule has 170 valence electrons. The lowest BCUT2D eigenvalue weighted by atomic mass is 9.93. The molecule has 0 bridgehead atoms. The number of hydrogen-bond donors (Lipinski definition) is 0.